The molecule has 0 spiro atoms. The number of benzene rings is 9. The van der Waals surface area contributed by atoms with Crippen LogP contribution in [0.25, 0.3) is 53.2 Å². The predicted octanol–water partition coefficient (Wildman–Crippen LogP) is 19.1. The first-order chi connectivity index (χ1) is 38.5. The van der Waals surface area contributed by atoms with Gasteiger partial charge in [0.2, 0.25) is 0 Å². The Bertz CT molecular complexity index is 4440. The van der Waals surface area contributed by atoms with Crippen LogP contribution in [-0.2, 0) is 21.7 Å². The van der Waals surface area contributed by atoms with E-state index in [0.29, 0.717) is 0 Å². The van der Waals surface area contributed by atoms with E-state index in [4.69, 9.17) is 4.42 Å². The number of hydrogen-bond acceptors (Lipinski definition) is 5. The van der Waals surface area contributed by atoms with Crippen LogP contribution in [0, 0.1) is 0 Å². The van der Waals surface area contributed by atoms with Crippen LogP contribution < -0.4 is 31.1 Å². The number of hydrogen-bond donors (Lipinski definition) is 0. The summed E-state index contributed by atoms with van der Waals surface area (Å²) in [6.45, 7) is 22.1. The Labute approximate surface area is 475 Å². The third kappa shape index (κ3) is 6.51. The van der Waals surface area contributed by atoms with Crippen LogP contribution in [-0.4, -0.2) is 12.3 Å². The lowest BCUT2D eigenvalue weighted by molar-refractivity contribution is 0.195. The largest absolute Gasteiger partial charge is 0.454 e. The van der Waals surface area contributed by atoms with Gasteiger partial charge in [-0.25, -0.2) is 0 Å². The summed E-state index contributed by atoms with van der Waals surface area (Å²) in [5.41, 5.74) is 23.4. The average molecular weight is 1060 g/mol. The predicted molar refractivity (Wildman–Crippen MR) is 343 cm³/mol. The van der Waals surface area contributed by atoms with Crippen LogP contribution in [0.5, 0.6) is 0 Å². The van der Waals surface area contributed by atoms with Gasteiger partial charge in [0.25, 0.3) is 6.71 Å². The molecule has 0 bridgehead atoms. The van der Waals surface area contributed by atoms with Crippen molar-refractivity contribution in [3.8, 4) is 11.1 Å². The molecule has 394 valence electrons. The molecule has 0 saturated heterocycles. The second-order valence-corrected chi connectivity index (χ2v) is 28.1. The van der Waals surface area contributed by atoms with Crippen LogP contribution in [0.1, 0.15) is 123 Å². The standard InChI is InChI=1S/C74H68BN3OS/c1-70(2,3)46-32-34-57(51(40-46)45-22-11-10-12-23-45)77-62-42-47(78-58-28-16-15-27-52(58)73(8)36-19-20-37-74(73,78)9)41-61-67(62)75(55-33-35-65-66(68(55)77)50-25-14-18-31-64(50)80-65)56-43-53-54(72(6,7)39-38-71(53,4)5)44-60(56)76(61)59-29-21-26-49-48-24-13-17-30-63(48)79-69(49)59/h10-18,21-35,40-44H,19-20,36-39H2,1-9H3. The molecule has 3 aliphatic heterocycles. The molecule has 11 aromatic rings. The van der Waals surface area contributed by atoms with Crippen molar-refractivity contribution in [2.75, 3.05) is 14.7 Å². The van der Waals surface area contributed by atoms with Crippen molar-refractivity contribution in [2.45, 2.75) is 128 Å². The smallest absolute Gasteiger partial charge is 0.252 e. The highest BCUT2D eigenvalue weighted by atomic mass is 32.1. The summed E-state index contributed by atoms with van der Waals surface area (Å²) >= 11 is 1.92. The van der Waals surface area contributed by atoms with E-state index < -0.39 is 0 Å². The first-order valence-electron chi connectivity index (χ1n) is 29.5. The number of fused-ring (bicyclic) bond motifs is 15. The van der Waals surface area contributed by atoms with E-state index in [2.05, 4.69) is 253 Å². The summed E-state index contributed by atoms with van der Waals surface area (Å²) in [4.78, 5) is 8.24. The Balaban J connectivity index is 1.11. The molecule has 2 atom stereocenters. The van der Waals surface area contributed by atoms with Crippen LogP contribution in [0.15, 0.2) is 180 Å². The summed E-state index contributed by atoms with van der Waals surface area (Å²) in [6, 6.07) is 68.2. The lowest BCUT2D eigenvalue weighted by Gasteiger charge is -2.51. The molecule has 80 heavy (non-hydrogen) atoms. The van der Waals surface area contributed by atoms with E-state index >= 15 is 0 Å². The third-order valence-corrected chi connectivity index (χ3v) is 21.7. The van der Waals surface area contributed by atoms with Gasteiger partial charge >= 0.3 is 0 Å². The number of para-hydroxylation sites is 3. The van der Waals surface area contributed by atoms with Gasteiger partial charge in [-0.15, -0.1) is 11.3 Å². The minimum atomic E-state index is -0.183. The monoisotopic (exact) mass is 1060 g/mol. The van der Waals surface area contributed by atoms with E-state index in [1.807, 2.05) is 11.3 Å². The van der Waals surface area contributed by atoms with Crippen LogP contribution in [0.3, 0.4) is 0 Å². The summed E-state index contributed by atoms with van der Waals surface area (Å²) in [7, 11) is 0. The zero-order valence-electron chi connectivity index (χ0n) is 47.7. The minimum absolute atomic E-state index is 0.0158. The SMILES string of the molecule is CC(C)(C)c1ccc(N2c3cc(N4c5ccccc5C5(C)CCCCC45C)cc4c3B(c3cc5c(cc3N4c3cccc4c3oc3ccccc34)C(C)(C)CCC5(C)C)c3ccc4sc5ccccc5c4c32)c(-c2ccccc2)c1. The summed E-state index contributed by atoms with van der Waals surface area (Å²) in [5, 5.41) is 4.91. The van der Waals surface area contributed by atoms with E-state index in [1.165, 1.54) is 123 Å². The zero-order valence-corrected chi connectivity index (χ0v) is 48.5. The first kappa shape index (κ1) is 48.4. The van der Waals surface area contributed by atoms with Gasteiger partial charge in [-0.3, -0.25) is 0 Å². The maximum absolute atomic E-state index is 7.20. The molecular formula is C74H68BN3OS. The number of rotatable bonds is 4. The Kier molecular flexibility index (Phi) is 10.0. The molecule has 2 aliphatic carbocycles. The second kappa shape index (κ2) is 16.5. The van der Waals surface area contributed by atoms with Gasteiger partial charge in [0.1, 0.15) is 5.58 Å². The normalized spacial score (nSPS) is 20.5. The van der Waals surface area contributed by atoms with Gasteiger partial charge in [-0.2, -0.15) is 0 Å². The summed E-state index contributed by atoms with van der Waals surface area (Å²) < 4.78 is 9.82. The van der Waals surface area contributed by atoms with Crippen molar-refractivity contribution in [3.63, 3.8) is 0 Å². The Morgan fingerprint density at radius 2 is 1.18 bits per heavy atom. The lowest BCUT2D eigenvalue weighted by Crippen LogP contribution is -2.62. The maximum atomic E-state index is 7.20. The van der Waals surface area contributed by atoms with Gasteiger partial charge in [-0.1, -0.05) is 183 Å². The second-order valence-electron chi connectivity index (χ2n) is 27.0. The van der Waals surface area contributed by atoms with Gasteiger partial charge in [0.05, 0.1) is 22.6 Å². The zero-order chi connectivity index (χ0) is 54.4. The highest BCUT2D eigenvalue weighted by Crippen LogP contribution is 2.63. The molecular weight excluding hydrogens is 990 g/mol. The van der Waals surface area contributed by atoms with Crippen molar-refractivity contribution in [2.24, 2.45) is 0 Å². The molecule has 16 rings (SSSR count). The topological polar surface area (TPSA) is 22.9 Å². The lowest BCUT2D eigenvalue weighted by atomic mass is 9.33. The molecule has 5 heterocycles. The molecule has 4 nitrogen and oxygen atoms in total. The van der Waals surface area contributed by atoms with E-state index in [-0.39, 0.29) is 33.9 Å². The summed E-state index contributed by atoms with van der Waals surface area (Å²) in [6.07, 6.45) is 6.96. The fourth-order valence-electron chi connectivity index (χ4n) is 16.0. The first-order valence-corrected chi connectivity index (χ1v) is 30.3. The van der Waals surface area contributed by atoms with E-state index in [9.17, 15) is 0 Å². The summed E-state index contributed by atoms with van der Waals surface area (Å²) in [5.74, 6) is 0. The quantitative estimate of drug-likeness (QED) is 0.164. The number of thiophene rings is 1. The van der Waals surface area contributed by atoms with Crippen molar-refractivity contribution in [1.29, 1.82) is 0 Å². The van der Waals surface area contributed by atoms with E-state index in [1.54, 1.807) is 0 Å². The molecule has 1 fully saturated rings. The van der Waals surface area contributed by atoms with Gasteiger partial charge in [0, 0.05) is 70.4 Å². The molecule has 9 aromatic carbocycles. The van der Waals surface area contributed by atoms with Crippen LogP contribution in [0.4, 0.5) is 45.5 Å². The molecule has 5 aliphatic rings. The van der Waals surface area contributed by atoms with Gasteiger partial charge in [-0.05, 0) is 154 Å². The van der Waals surface area contributed by atoms with Crippen molar-refractivity contribution in [1.82, 2.24) is 0 Å². The maximum Gasteiger partial charge on any atom is 0.252 e. The molecule has 2 unspecified atom stereocenters. The average Bonchev–Trinajstić information content (AvgIpc) is 4.09. The molecule has 0 N–H and O–H groups in total. The molecule has 0 radical (unpaired) electrons. The number of nitrogens with zero attached hydrogens (tertiary/aromatic N) is 3. The Morgan fingerprint density at radius 3 is 1.98 bits per heavy atom. The molecule has 6 heteroatoms. The Hall–Kier alpha value is -7.54. The van der Waals surface area contributed by atoms with Crippen molar-refractivity contribution >= 4 is 122 Å². The highest BCUT2D eigenvalue weighted by Gasteiger charge is 2.58. The van der Waals surface area contributed by atoms with Crippen molar-refractivity contribution < 1.29 is 4.42 Å². The molecule has 1 saturated carbocycles. The molecule has 2 aromatic heterocycles. The van der Waals surface area contributed by atoms with Crippen molar-refractivity contribution in [3.05, 3.63) is 198 Å². The Morgan fingerprint density at radius 1 is 0.500 bits per heavy atom. The fraction of sp³-hybridized carbons (Fsp3) is 0.270. The third-order valence-electron chi connectivity index (χ3n) is 20.6. The van der Waals surface area contributed by atoms with Gasteiger partial charge in [0.15, 0.2) is 5.58 Å². The molecule has 0 amide bonds. The number of furan rings is 1. The van der Waals surface area contributed by atoms with E-state index in [0.717, 1.165) is 53.3 Å². The van der Waals surface area contributed by atoms with Crippen LogP contribution in [0.2, 0.25) is 0 Å². The van der Waals surface area contributed by atoms with Crippen LogP contribution >= 0.6 is 11.3 Å². The fourth-order valence-corrected chi connectivity index (χ4v) is 17.1. The number of anilines is 8. The minimum Gasteiger partial charge on any atom is -0.454 e. The highest BCUT2D eigenvalue weighted by molar-refractivity contribution is 7.26. The van der Waals surface area contributed by atoms with Gasteiger partial charge < -0.3 is 19.1 Å².